The first kappa shape index (κ1) is 15.8. The molecule has 2 aromatic rings. The lowest BCUT2D eigenvalue weighted by molar-refractivity contribution is 0.00448. The van der Waals surface area contributed by atoms with E-state index in [1.807, 2.05) is 31.3 Å². The first-order chi connectivity index (χ1) is 12.6. The van der Waals surface area contributed by atoms with Gasteiger partial charge in [0.15, 0.2) is 5.69 Å². The average Bonchev–Trinajstić information content (AvgIpc) is 2.98. The molecule has 2 atom stereocenters. The summed E-state index contributed by atoms with van der Waals surface area (Å²) in [6, 6.07) is 8.97. The van der Waals surface area contributed by atoms with Crippen LogP contribution in [-0.4, -0.2) is 56.2 Å². The summed E-state index contributed by atoms with van der Waals surface area (Å²) in [4.78, 5) is 15.3. The molecule has 0 saturated carbocycles. The van der Waals surface area contributed by atoms with Gasteiger partial charge in [0.05, 0.1) is 11.2 Å². The van der Waals surface area contributed by atoms with Crippen LogP contribution in [0.25, 0.3) is 10.9 Å². The lowest BCUT2D eigenvalue weighted by Crippen LogP contribution is -2.64. The number of carbonyl (C=O) groups is 1. The van der Waals surface area contributed by atoms with Crippen molar-refractivity contribution in [2.45, 2.75) is 43.8 Å². The van der Waals surface area contributed by atoms with Crippen LogP contribution in [-0.2, 0) is 7.05 Å². The number of fused-ring (bicyclic) bond motifs is 2. The standard InChI is InChI=1S/C19H23N5O2/c1-23-17-5-3-2-4-15(17)18(21-23)19(25)20-12-8-13-6-11-7-14(9-12)24(13)10-16(11)22-26/h2-5,11-14,26H,6-10H2,1H3,(H,20,25)/b22-16-. The molecule has 2 N–H and O–H groups in total. The molecule has 4 aliphatic rings. The molecule has 5 heterocycles. The molecule has 26 heavy (non-hydrogen) atoms. The number of piperidine rings is 4. The molecule has 6 rings (SSSR count). The molecule has 0 aliphatic carbocycles. The third kappa shape index (κ3) is 2.34. The number of aromatic nitrogens is 2. The van der Waals surface area contributed by atoms with E-state index in [0.29, 0.717) is 23.7 Å². The van der Waals surface area contributed by atoms with Gasteiger partial charge >= 0.3 is 0 Å². The van der Waals surface area contributed by atoms with Crippen molar-refractivity contribution in [3.8, 4) is 0 Å². The van der Waals surface area contributed by atoms with Crippen LogP contribution >= 0.6 is 0 Å². The molecule has 0 spiro atoms. The number of hydrogen-bond acceptors (Lipinski definition) is 5. The Balaban J connectivity index is 1.33. The molecule has 4 bridgehead atoms. The molecule has 136 valence electrons. The molecule has 1 aromatic heterocycles. The molecule has 1 amide bonds. The van der Waals surface area contributed by atoms with Crippen LogP contribution < -0.4 is 5.32 Å². The minimum atomic E-state index is -0.0791. The summed E-state index contributed by atoms with van der Waals surface area (Å²) in [5, 5.41) is 21.2. The normalized spacial score (nSPS) is 34.3. The zero-order chi connectivity index (χ0) is 17.8. The van der Waals surface area contributed by atoms with Gasteiger partial charge in [-0.3, -0.25) is 14.4 Å². The Morgan fingerprint density at radius 3 is 2.65 bits per heavy atom. The van der Waals surface area contributed by atoms with Crippen molar-refractivity contribution in [1.29, 1.82) is 0 Å². The minimum Gasteiger partial charge on any atom is -0.411 e. The van der Waals surface area contributed by atoms with E-state index >= 15 is 0 Å². The summed E-state index contributed by atoms with van der Waals surface area (Å²) in [5.41, 5.74) is 2.41. The molecular formula is C19H23N5O2. The van der Waals surface area contributed by atoms with Crippen LogP contribution in [0.3, 0.4) is 0 Å². The smallest absolute Gasteiger partial charge is 0.272 e. The van der Waals surface area contributed by atoms with Crippen molar-refractivity contribution in [3.63, 3.8) is 0 Å². The number of para-hydroxylation sites is 1. The van der Waals surface area contributed by atoms with Crippen molar-refractivity contribution in [3.05, 3.63) is 30.0 Å². The van der Waals surface area contributed by atoms with Gasteiger partial charge < -0.3 is 10.5 Å². The molecule has 2 unspecified atom stereocenters. The topological polar surface area (TPSA) is 82.8 Å². The maximum Gasteiger partial charge on any atom is 0.272 e. The summed E-state index contributed by atoms with van der Waals surface area (Å²) in [7, 11) is 1.87. The van der Waals surface area contributed by atoms with E-state index in [4.69, 9.17) is 5.21 Å². The lowest BCUT2D eigenvalue weighted by Gasteiger charge is -2.55. The second-order valence-corrected chi connectivity index (χ2v) is 7.87. The quantitative estimate of drug-likeness (QED) is 0.637. The minimum absolute atomic E-state index is 0.0791. The van der Waals surface area contributed by atoms with E-state index in [2.05, 4.69) is 20.5 Å². The molecule has 4 aliphatic heterocycles. The van der Waals surface area contributed by atoms with Crippen LogP contribution in [0, 0.1) is 5.92 Å². The maximum absolute atomic E-state index is 12.9. The largest absolute Gasteiger partial charge is 0.411 e. The Labute approximate surface area is 151 Å². The Hall–Kier alpha value is -2.41. The molecule has 7 nitrogen and oxygen atoms in total. The third-order valence-corrected chi connectivity index (χ3v) is 6.42. The number of rotatable bonds is 2. The number of benzene rings is 1. The number of amides is 1. The fourth-order valence-corrected chi connectivity index (χ4v) is 5.25. The van der Waals surface area contributed by atoms with Crippen LogP contribution in [0.15, 0.2) is 29.4 Å². The highest BCUT2D eigenvalue weighted by atomic mass is 16.4. The summed E-state index contributed by atoms with van der Waals surface area (Å²) in [6.07, 6.45) is 3.99. The van der Waals surface area contributed by atoms with Crippen molar-refractivity contribution >= 4 is 22.5 Å². The van der Waals surface area contributed by atoms with Gasteiger partial charge in [-0.25, -0.2) is 0 Å². The zero-order valence-corrected chi connectivity index (χ0v) is 14.8. The highest BCUT2D eigenvalue weighted by molar-refractivity contribution is 6.05. The number of nitrogens with zero attached hydrogens (tertiary/aromatic N) is 4. The maximum atomic E-state index is 12.9. The highest BCUT2D eigenvalue weighted by Crippen LogP contribution is 2.41. The summed E-state index contributed by atoms with van der Waals surface area (Å²) < 4.78 is 1.76. The van der Waals surface area contributed by atoms with Gasteiger partial charge in [-0.1, -0.05) is 23.4 Å². The number of aryl methyl sites for hydroxylation is 1. The average molecular weight is 353 g/mol. The summed E-state index contributed by atoms with van der Waals surface area (Å²) in [5.74, 6) is 0.334. The molecule has 1 aromatic carbocycles. The van der Waals surface area contributed by atoms with E-state index in [1.54, 1.807) is 4.68 Å². The summed E-state index contributed by atoms with van der Waals surface area (Å²) in [6.45, 7) is 0.780. The molecule has 0 radical (unpaired) electrons. The fourth-order valence-electron chi connectivity index (χ4n) is 5.25. The predicted molar refractivity (Wildman–Crippen MR) is 97.4 cm³/mol. The van der Waals surface area contributed by atoms with E-state index in [9.17, 15) is 4.79 Å². The lowest BCUT2D eigenvalue weighted by atomic mass is 9.71. The highest BCUT2D eigenvalue weighted by Gasteiger charge is 2.48. The van der Waals surface area contributed by atoms with Crippen molar-refractivity contribution < 1.29 is 10.0 Å². The predicted octanol–water partition coefficient (Wildman–Crippen LogP) is 1.76. The van der Waals surface area contributed by atoms with E-state index < -0.39 is 0 Å². The van der Waals surface area contributed by atoms with Crippen molar-refractivity contribution in [2.75, 3.05) is 6.54 Å². The van der Waals surface area contributed by atoms with Crippen molar-refractivity contribution in [1.82, 2.24) is 20.0 Å². The monoisotopic (exact) mass is 353 g/mol. The molecular weight excluding hydrogens is 330 g/mol. The van der Waals surface area contributed by atoms with E-state index in [-0.39, 0.29) is 11.9 Å². The van der Waals surface area contributed by atoms with Gasteiger partial charge in [-0.2, -0.15) is 5.10 Å². The first-order valence-corrected chi connectivity index (χ1v) is 9.33. The van der Waals surface area contributed by atoms with E-state index in [1.165, 1.54) is 0 Å². The van der Waals surface area contributed by atoms with Gasteiger partial charge in [0.2, 0.25) is 0 Å². The van der Waals surface area contributed by atoms with Crippen LogP contribution in [0.5, 0.6) is 0 Å². The number of hydrogen-bond donors (Lipinski definition) is 2. The summed E-state index contributed by atoms with van der Waals surface area (Å²) >= 11 is 0. The Bertz CT molecular complexity index is 888. The second-order valence-electron chi connectivity index (χ2n) is 7.87. The molecule has 4 fully saturated rings. The van der Waals surface area contributed by atoms with Gasteiger partial charge in [0.25, 0.3) is 5.91 Å². The fraction of sp³-hybridized carbons (Fsp3) is 0.526. The third-order valence-electron chi connectivity index (χ3n) is 6.42. The zero-order valence-electron chi connectivity index (χ0n) is 14.8. The van der Waals surface area contributed by atoms with Gasteiger partial charge in [-0.15, -0.1) is 0 Å². The van der Waals surface area contributed by atoms with Gasteiger partial charge in [0.1, 0.15) is 0 Å². The Morgan fingerprint density at radius 1 is 1.23 bits per heavy atom. The van der Waals surface area contributed by atoms with Crippen LogP contribution in [0.4, 0.5) is 0 Å². The number of oxime groups is 1. The number of carbonyl (C=O) groups excluding carboxylic acids is 1. The molecule has 7 heteroatoms. The molecule has 4 saturated heterocycles. The van der Waals surface area contributed by atoms with E-state index in [0.717, 1.165) is 48.8 Å². The van der Waals surface area contributed by atoms with Crippen LogP contribution in [0.2, 0.25) is 0 Å². The van der Waals surface area contributed by atoms with Gasteiger partial charge in [0, 0.05) is 43.0 Å². The second kappa shape index (κ2) is 5.81. The SMILES string of the molecule is Cn1nc(C(=O)NC2CC3CC4CC(C2)N3C/C4=N/O)c2ccccc21. The van der Waals surface area contributed by atoms with Gasteiger partial charge in [-0.05, 0) is 31.7 Å². The van der Waals surface area contributed by atoms with Crippen molar-refractivity contribution in [2.24, 2.45) is 18.1 Å². The van der Waals surface area contributed by atoms with Crippen LogP contribution in [0.1, 0.15) is 36.2 Å². The first-order valence-electron chi connectivity index (χ1n) is 9.33. The Morgan fingerprint density at radius 2 is 1.96 bits per heavy atom. The number of nitrogens with one attached hydrogen (secondary N) is 1. The Kier molecular flexibility index (Phi) is 3.53.